The second-order valence-electron chi connectivity index (χ2n) is 6.47. The van der Waals surface area contributed by atoms with Gasteiger partial charge in [-0.3, -0.25) is 4.79 Å². The molecular formula is C14H30N2O2. The van der Waals surface area contributed by atoms with E-state index < -0.39 is 0 Å². The molecule has 0 radical (unpaired) electrons. The highest BCUT2D eigenvalue weighted by Crippen LogP contribution is 2.25. The first-order valence-electron chi connectivity index (χ1n) is 6.65. The molecule has 3 N–H and O–H groups in total. The molecule has 0 aromatic carbocycles. The molecule has 4 heteroatoms. The molecular weight excluding hydrogens is 228 g/mol. The second-order valence-corrected chi connectivity index (χ2v) is 6.47. The van der Waals surface area contributed by atoms with Crippen LogP contribution in [-0.4, -0.2) is 29.7 Å². The third kappa shape index (κ3) is 6.97. The molecule has 0 aliphatic carbocycles. The van der Waals surface area contributed by atoms with Crippen molar-refractivity contribution in [3.63, 3.8) is 0 Å². The largest absolute Gasteiger partial charge is 0.375 e. The van der Waals surface area contributed by atoms with Gasteiger partial charge in [0.25, 0.3) is 0 Å². The van der Waals surface area contributed by atoms with E-state index in [1.165, 1.54) is 6.92 Å². The molecule has 0 aromatic heterocycles. The maximum absolute atomic E-state index is 11.1. The monoisotopic (exact) mass is 258 g/mol. The summed E-state index contributed by atoms with van der Waals surface area (Å²) in [7, 11) is 0. The Morgan fingerprint density at radius 3 is 2.17 bits per heavy atom. The van der Waals surface area contributed by atoms with Crippen LogP contribution in [0.5, 0.6) is 0 Å². The van der Waals surface area contributed by atoms with Crippen LogP contribution in [0.1, 0.15) is 54.9 Å². The van der Waals surface area contributed by atoms with E-state index in [-0.39, 0.29) is 29.0 Å². The van der Waals surface area contributed by atoms with Gasteiger partial charge in [-0.15, -0.1) is 0 Å². The van der Waals surface area contributed by atoms with Crippen molar-refractivity contribution in [1.82, 2.24) is 5.32 Å². The number of rotatable bonds is 7. The van der Waals surface area contributed by atoms with E-state index in [1.807, 2.05) is 20.8 Å². The standard InChI is InChI=1S/C14H30N2O2/c1-10(11(2)16-12(3)17)14(6,7)18-9-8-13(4,5)15/h10-11H,8-9,15H2,1-7H3,(H,16,17). The first-order chi connectivity index (χ1) is 7.96. The highest BCUT2D eigenvalue weighted by molar-refractivity contribution is 5.73. The molecule has 2 unspecified atom stereocenters. The molecule has 0 rings (SSSR count). The highest BCUT2D eigenvalue weighted by atomic mass is 16.5. The van der Waals surface area contributed by atoms with Crippen LogP contribution in [0.3, 0.4) is 0 Å². The van der Waals surface area contributed by atoms with Crippen molar-refractivity contribution in [3.8, 4) is 0 Å². The summed E-state index contributed by atoms with van der Waals surface area (Å²) in [6.45, 7) is 14.4. The molecule has 0 aromatic rings. The Morgan fingerprint density at radius 1 is 1.28 bits per heavy atom. The van der Waals surface area contributed by atoms with Gasteiger partial charge in [-0.25, -0.2) is 0 Å². The predicted octanol–water partition coefficient (Wildman–Crippen LogP) is 2.07. The van der Waals surface area contributed by atoms with E-state index in [0.29, 0.717) is 6.61 Å². The summed E-state index contributed by atoms with van der Waals surface area (Å²) >= 11 is 0. The van der Waals surface area contributed by atoms with E-state index in [4.69, 9.17) is 10.5 Å². The van der Waals surface area contributed by atoms with Crippen LogP contribution < -0.4 is 11.1 Å². The molecule has 0 aliphatic heterocycles. The number of nitrogens with one attached hydrogen (secondary N) is 1. The molecule has 0 saturated heterocycles. The summed E-state index contributed by atoms with van der Waals surface area (Å²) in [4.78, 5) is 11.1. The van der Waals surface area contributed by atoms with Crippen molar-refractivity contribution in [3.05, 3.63) is 0 Å². The van der Waals surface area contributed by atoms with Gasteiger partial charge in [0.2, 0.25) is 5.91 Å². The van der Waals surface area contributed by atoms with Gasteiger partial charge in [0.15, 0.2) is 0 Å². The van der Waals surface area contributed by atoms with Crippen molar-refractivity contribution in [2.24, 2.45) is 11.7 Å². The molecule has 2 atom stereocenters. The molecule has 4 nitrogen and oxygen atoms in total. The predicted molar refractivity (Wildman–Crippen MR) is 75.4 cm³/mol. The lowest BCUT2D eigenvalue weighted by Crippen LogP contribution is -2.47. The SMILES string of the molecule is CC(=O)NC(C)C(C)C(C)(C)OCCC(C)(C)N. The van der Waals surface area contributed by atoms with Crippen LogP contribution in [0.2, 0.25) is 0 Å². The number of ether oxygens (including phenoxy) is 1. The van der Waals surface area contributed by atoms with Gasteiger partial charge in [-0.2, -0.15) is 0 Å². The fraction of sp³-hybridized carbons (Fsp3) is 0.929. The van der Waals surface area contributed by atoms with E-state index in [1.54, 1.807) is 0 Å². The van der Waals surface area contributed by atoms with Crippen molar-refractivity contribution in [2.75, 3.05) is 6.61 Å². The molecule has 0 heterocycles. The first-order valence-corrected chi connectivity index (χ1v) is 6.65. The number of nitrogens with two attached hydrogens (primary N) is 1. The number of hydrogen-bond donors (Lipinski definition) is 2. The normalized spacial score (nSPS) is 16.2. The zero-order chi connectivity index (χ0) is 14.6. The van der Waals surface area contributed by atoms with Crippen molar-refractivity contribution >= 4 is 5.91 Å². The minimum absolute atomic E-state index is 0.00626. The van der Waals surface area contributed by atoms with Gasteiger partial charge < -0.3 is 15.8 Å². The van der Waals surface area contributed by atoms with Crippen LogP contribution >= 0.6 is 0 Å². The summed E-state index contributed by atoms with van der Waals surface area (Å²) in [5.41, 5.74) is 5.44. The molecule has 0 bridgehead atoms. The van der Waals surface area contributed by atoms with Gasteiger partial charge in [-0.05, 0) is 41.0 Å². The summed E-state index contributed by atoms with van der Waals surface area (Å²) in [6.07, 6.45) is 0.817. The number of hydrogen-bond acceptors (Lipinski definition) is 3. The van der Waals surface area contributed by atoms with E-state index >= 15 is 0 Å². The van der Waals surface area contributed by atoms with Crippen LogP contribution in [-0.2, 0) is 9.53 Å². The zero-order valence-corrected chi connectivity index (χ0v) is 13.0. The van der Waals surface area contributed by atoms with Gasteiger partial charge in [0.1, 0.15) is 0 Å². The second kappa shape index (κ2) is 6.53. The number of carbonyl (C=O) groups excluding carboxylic acids is 1. The van der Waals surface area contributed by atoms with Crippen LogP contribution in [0, 0.1) is 5.92 Å². The lowest BCUT2D eigenvalue weighted by atomic mass is 9.86. The van der Waals surface area contributed by atoms with Crippen LogP contribution in [0.15, 0.2) is 0 Å². The minimum Gasteiger partial charge on any atom is -0.375 e. The molecule has 0 saturated carbocycles. The maximum Gasteiger partial charge on any atom is 0.217 e. The summed E-state index contributed by atoms with van der Waals surface area (Å²) < 4.78 is 5.94. The average Bonchev–Trinajstić information content (AvgIpc) is 2.12. The maximum atomic E-state index is 11.1. The Bertz CT molecular complexity index is 269. The summed E-state index contributed by atoms with van der Waals surface area (Å²) in [5, 5.41) is 2.91. The van der Waals surface area contributed by atoms with Crippen molar-refractivity contribution in [1.29, 1.82) is 0 Å². The fourth-order valence-electron chi connectivity index (χ4n) is 1.76. The Hall–Kier alpha value is -0.610. The summed E-state index contributed by atoms with van der Waals surface area (Å²) in [5.74, 6) is 0.218. The Kier molecular flexibility index (Phi) is 6.30. The zero-order valence-electron chi connectivity index (χ0n) is 13.0. The third-order valence-corrected chi connectivity index (χ3v) is 3.50. The van der Waals surface area contributed by atoms with Gasteiger partial charge in [0, 0.05) is 31.0 Å². The molecule has 0 fully saturated rings. The number of carbonyl (C=O) groups is 1. The third-order valence-electron chi connectivity index (χ3n) is 3.50. The Labute approximate surface area is 112 Å². The van der Waals surface area contributed by atoms with E-state index in [9.17, 15) is 4.79 Å². The molecule has 108 valence electrons. The Balaban J connectivity index is 4.30. The topological polar surface area (TPSA) is 64.3 Å². The van der Waals surface area contributed by atoms with Gasteiger partial charge >= 0.3 is 0 Å². The van der Waals surface area contributed by atoms with Gasteiger partial charge in [-0.1, -0.05) is 6.92 Å². The first kappa shape index (κ1) is 17.4. The van der Waals surface area contributed by atoms with E-state index in [0.717, 1.165) is 6.42 Å². The Morgan fingerprint density at radius 2 is 1.78 bits per heavy atom. The lowest BCUT2D eigenvalue weighted by molar-refractivity contribution is -0.121. The van der Waals surface area contributed by atoms with Gasteiger partial charge in [0.05, 0.1) is 5.60 Å². The molecule has 18 heavy (non-hydrogen) atoms. The lowest BCUT2D eigenvalue weighted by Gasteiger charge is -2.36. The number of amides is 1. The van der Waals surface area contributed by atoms with Crippen LogP contribution in [0.4, 0.5) is 0 Å². The highest BCUT2D eigenvalue weighted by Gasteiger charge is 2.31. The average molecular weight is 258 g/mol. The van der Waals surface area contributed by atoms with Crippen LogP contribution in [0.25, 0.3) is 0 Å². The summed E-state index contributed by atoms with van der Waals surface area (Å²) in [6, 6.07) is 0.0865. The minimum atomic E-state index is -0.285. The quantitative estimate of drug-likeness (QED) is 0.734. The molecule has 0 spiro atoms. The van der Waals surface area contributed by atoms with E-state index in [2.05, 4.69) is 26.1 Å². The fourth-order valence-corrected chi connectivity index (χ4v) is 1.76. The van der Waals surface area contributed by atoms with Crippen molar-refractivity contribution < 1.29 is 9.53 Å². The molecule has 1 amide bonds. The molecule has 0 aliphatic rings. The smallest absolute Gasteiger partial charge is 0.217 e. The van der Waals surface area contributed by atoms with Crippen molar-refractivity contribution in [2.45, 2.75) is 72.1 Å².